The molecule has 1 aliphatic rings. The van der Waals surface area contributed by atoms with E-state index in [9.17, 15) is 0 Å². The topological polar surface area (TPSA) is 39.1 Å². The molecule has 1 aliphatic carbocycles. The Labute approximate surface area is 386 Å². The zero-order valence-corrected chi connectivity index (χ0v) is 37.9. The lowest BCUT2D eigenvalue weighted by Crippen LogP contribution is -2.25. The number of para-hydroxylation sites is 3. The van der Waals surface area contributed by atoms with Gasteiger partial charge in [0, 0.05) is 54.2 Å². The quantitative estimate of drug-likeness (QED) is 0.143. The Morgan fingerprint density at radius 2 is 0.621 bits per heavy atom. The lowest BCUT2D eigenvalue weighted by Gasteiger charge is -2.23. The molecule has 0 aliphatic heterocycles. The van der Waals surface area contributed by atoms with Crippen LogP contribution in [0.25, 0.3) is 38.6 Å². The number of fused-ring (bicyclic) bond motifs is 6. The van der Waals surface area contributed by atoms with Gasteiger partial charge in [0.1, 0.15) is 0 Å². The zero-order valence-electron chi connectivity index (χ0n) is 36.1. The molecule has 0 unspecified atom stereocenters. The molecule has 11 aromatic rings. The molecule has 316 valence electrons. The Hall–Kier alpha value is -7.54. The third-order valence-electron chi connectivity index (χ3n) is 12.9. The van der Waals surface area contributed by atoms with E-state index in [0.717, 1.165) is 59.6 Å². The molecule has 1 aromatic heterocycles. The van der Waals surface area contributed by atoms with Crippen LogP contribution < -0.4 is 31.8 Å². The van der Waals surface area contributed by atoms with Crippen LogP contribution in [0, 0.1) is 0 Å². The SMILES string of the molecule is O=P(c1ccccc1)(c1ccccc1)c1ccc2c(c1)C(c1ccccc1)c1cc(P(=O)(c3ccccc3)c3ccccc3)ccc1-2.c1ccc(-n2c3ccccc3c3ccccc32)cc1. The van der Waals surface area contributed by atoms with Crippen LogP contribution >= 0.6 is 14.3 Å². The zero-order chi connectivity index (χ0) is 44.5. The van der Waals surface area contributed by atoms with E-state index in [1.54, 1.807) is 0 Å². The van der Waals surface area contributed by atoms with Crippen molar-refractivity contribution in [3.05, 3.63) is 284 Å². The molecule has 1 heterocycles. The summed E-state index contributed by atoms with van der Waals surface area (Å²) < 4.78 is 33.1. The Morgan fingerprint density at radius 3 is 1.00 bits per heavy atom. The third-order valence-corrected chi connectivity index (χ3v) is 19.0. The summed E-state index contributed by atoms with van der Waals surface area (Å²) in [5, 5.41) is 7.48. The molecular formula is C61H45NO2P2. The lowest BCUT2D eigenvalue weighted by atomic mass is 9.89. The van der Waals surface area contributed by atoms with Gasteiger partial charge in [0.05, 0.1) is 11.0 Å². The molecule has 66 heavy (non-hydrogen) atoms. The average Bonchev–Trinajstić information content (AvgIpc) is 3.92. The molecular weight excluding hydrogens is 841 g/mol. The van der Waals surface area contributed by atoms with Gasteiger partial charge in [0.25, 0.3) is 0 Å². The summed E-state index contributed by atoms with van der Waals surface area (Å²) in [5.41, 5.74) is 9.33. The van der Waals surface area contributed by atoms with Crippen molar-refractivity contribution in [2.45, 2.75) is 5.92 Å². The smallest absolute Gasteiger partial charge is 0.171 e. The highest BCUT2D eigenvalue weighted by Crippen LogP contribution is 2.52. The van der Waals surface area contributed by atoms with Crippen LogP contribution in [-0.4, -0.2) is 4.57 Å². The summed E-state index contributed by atoms with van der Waals surface area (Å²) in [6, 6.07) is 90.2. The molecule has 0 atom stereocenters. The van der Waals surface area contributed by atoms with Crippen LogP contribution in [0.5, 0.6) is 0 Å². The molecule has 0 saturated heterocycles. The highest BCUT2D eigenvalue weighted by Gasteiger charge is 2.37. The van der Waals surface area contributed by atoms with E-state index in [1.807, 2.05) is 140 Å². The summed E-state index contributed by atoms with van der Waals surface area (Å²) in [5.74, 6) is -0.110. The van der Waals surface area contributed by atoms with Crippen molar-refractivity contribution in [1.29, 1.82) is 0 Å². The minimum absolute atomic E-state index is 0.110. The fourth-order valence-corrected chi connectivity index (χ4v) is 15.2. The Kier molecular flexibility index (Phi) is 10.9. The first-order valence-electron chi connectivity index (χ1n) is 22.3. The van der Waals surface area contributed by atoms with Crippen molar-refractivity contribution in [3.8, 4) is 16.8 Å². The minimum atomic E-state index is -3.18. The van der Waals surface area contributed by atoms with Crippen LogP contribution in [0.4, 0.5) is 0 Å². The lowest BCUT2D eigenvalue weighted by molar-refractivity contribution is 0.591. The van der Waals surface area contributed by atoms with Crippen LogP contribution in [0.1, 0.15) is 22.6 Å². The van der Waals surface area contributed by atoms with Crippen molar-refractivity contribution in [1.82, 2.24) is 4.57 Å². The Morgan fingerprint density at radius 1 is 0.303 bits per heavy atom. The first-order valence-corrected chi connectivity index (χ1v) is 25.8. The van der Waals surface area contributed by atoms with Crippen molar-refractivity contribution in [2.24, 2.45) is 0 Å². The molecule has 3 nitrogen and oxygen atoms in total. The van der Waals surface area contributed by atoms with Crippen LogP contribution in [-0.2, 0) is 9.13 Å². The number of benzene rings is 10. The molecule has 10 aromatic carbocycles. The highest BCUT2D eigenvalue weighted by atomic mass is 31.2. The largest absolute Gasteiger partial charge is 0.309 e. The highest BCUT2D eigenvalue weighted by molar-refractivity contribution is 7.85. The van der Waals surface area contributed by atoms with Crippen LogP contribution in [0.2, 0.25) is 0 Å². The summed E-state index contributed by atoms with van der Waals surface area (Å²) in [4.78, 5) is 0. The molecule has 0 bridgehead atoms. The van der Waals surface area contributed by atoms with Crippen molar-refractivity contribution in [2.75, 3.05) is 0 Å². The van der Waals surface area contributed by atoms with Crippen LogP contribution in [0.3, 0.4) is 0 Å². The predicted molar refractivity (Wildman–Crippen MR) is 279 cm³/mol. The molecule has 0 saturated carbocycles. The molecule has 12 rings (SSSR count). The number of rotatable bonds is 8. The van der Waals surface area contributed by atoms with Gasteiger partial charge in [-0.2, -0.15) is 0 Å². The van der Waals surface area contributed by atoms with Gasteiger partial charge in [-0.25, -0.2) is 0 Å². The van der Waals surface area contributed by atoms with E-state index < -0.39 is 14.3 Å². The van der Waals surface area contributed by atoms with Gasteiger partial charge in [-0.15, -0.1) is 0 Å². The normalized spacial score (nSPS) is 12.3. The first-order chi connectivity index (χ1) is 32.5. The second-order valence-electron chi connectivity index (χ2n) is 16.7. The standard InChI is InChI=1S/C43H32O2P2.C18H13N/c44-46(33-18-8-2-9-19-33,34-20-10-3-11-21-34)37-26-28-39-40-29-27-38(31-42(40)43(41(39)30-37)32-16-6-1-7-17-32)47(45,35-22-12-4-13-23-35)36-24-14-5-15-25-36;1-2-8-14(9-3-1)19-17-12-6-4-10-15(17)16-11-5-7-13-18(16)19/h1-31,43H;1-13H. The molecule has 0 N–H and O–H groups in total. The number of nitrogens with zero attached hydrogens (tertiary/aromatic N) is 1. The maximum atomic E-state index is 15.4. The Bertz CT molecular complexity index is 3290. The van der Waals surface area contributed by atoms with Crippen LogP contribution in [0.15, 0.2) is 267 Å². The van der Waals surface area contributed by atoms with Crippen molar-refractivity contribution >= 4 is 67.9 Å². The van der Waals surface area contributed by atoms with E-state index in [1.165, 1.54) is 27.5 Å². The second kappa shape index (κ2) is 17.4. The van der Waals surface area contributed by atoms with E-state index in [2.05, 4.69) is 132 Å². The van der Waals surface area contributed by atoms with Gasteiger partial charge in [-0.1, -0.05) is 231 Å². The fraction of sp³-hybridized carbons (Fsp3) is 0.0164. The first kappa shape index (κ1) is 41.2. The van der Waals surface area contributed by atoms with Gasteiger partial charge in [-0.3, -0.25) is 0 Å². The van der Waals surface area contributed by atoms with E-state index in [0.29, 0.717) is 0 Å². The summed E-state index contributed by atoms with van der Waals surface area (Å²) in [6.07, 6.45) is 0. The average molecular weight is 886 g/mol. The Balaban J connectivity index is 0.000000210. The molecule has 0 spiro atoms. The minimum Gasteiger partial charge on any atom is -0.309 e. The van der Waals surface area contributed by atoms with E-state index >= 15 is 9.13 Å². The van der Waals surface area contributed by atoms with Gasteiger partial charge in [0.15, 0.2) is 14.3 Å². The molecule has 0 radical (unpaired) electrons. The maximum Gasteiger partial charge on any atom is 0.171 e. The third kappa shape index (κ3) is 7.09. The summed E-state index contributed by atoms with van der Waals surface area (Å²) >= 11 is 0. The monoisotopic (exact) mass is 885 g/mol. The number of aromatic nitrogens is 1. The maximum absolute atomic E-state index is 15.4. The number of hydrogen-bond donors (Lipinski definition) is 0. The number of hydrogen-bond acceptors (Lipinski definition) is 2. The predicted octanol–water partition coefficient (Wildman–Crippen LogP) is 12.9. The second-order valence-corrected chi connectivity index (χ2v) is 22.2. The summed E-state index contributed by atoms with van der Waals surface area (Å²) in [7, 11) is -6.37. The summed E-state index contributed by atoms with van der Waals surface area (Å²) in [6.45, 7) is 0. The van der Waals surface area contributed by atoms with E-state index in [4.69, 9.17) is 0 Å². The van der Waals surface area contributed by atoms with Crippen molar-refractivity contribution in [3.63, 3.8) is 0 Å². The van der Waals surface area contributed by atoms with Gasteiger partial charge >= 0.3 is 0 Å². The molecule has 0 amide bonds. The van der Waals surface area contributed by atoms with Crippen molar-refractivity contribution < 1.29 is 9.13 Å². The van der Waals surface area contributed by atoms with Gasteiger partial charge in [-0.05, 0) is 64.2 Å². The molecule has 0 fully saturated rings. The molecule has 5 heteroatoms. The fourth-order valence-electron chi connectivity index (χ4n) is 9.86. The van der Waals surface area contributed by atoms with Gasteiger partial charge in [0.2, 0.25) is 0 Å². The van der Waals surface area contributed by atoms with Gasteiger partial charge < -0.3 is 13.7 Å². The van der Waals surface area contributed by atoms with E-state index in [-0.39, 0.29) is 5.92 Å².